The van der Waals surface area contributed by atoms with E-state index in [0.29, 0.717) is 33.4 Å². The van der Waals surface area contributed by atoms with Gasteiger partial charge in [0.05, 0.1) is 12.1 Å². The Morgan fingerprint density at radius 1 is 0.844 bits per heavy atom. The van der Waals surface area contributed by atoms with Crippen LogP contribution in [-0.4, -0.2) is 91.2 Å². The van der Waals surface area contributed by atoms with Gasteiger partial charge in [0.15, 0.2) is 0 Å². The molecule has 0 radical (unpaired) electrons. The zero-order valence-electron chi connectivity index (χ0n) is 24.5. The van der Waals surface area contributed by atoms with Crippen molar-refractivity contribution in [3.8, 4) is 5.88 Å². The fourth-order valence-corrected chi connectivity index (χ4v) is 8.44. The first-order valence-corrected chi connectivity index (χ1v) is 18.5. The highest BCUT2D eigenvalue weighted by Crippen LogP contribution is 2.25. The van der Waals surface area contributed by atoms with Crippen LogP contribution < -0.4 is 16.1 Å². The van der Waals surface area contributed by atoms with Gasteiger partial charge in [0, 0.05) is 52.6 Å². The molecule has 2 saturated heterocycles. The van der Waals surface area contributed by atoms with E-state index in [0.717, 1.165) is 38.7 Å². The van der Waals surface area contributed by atoms with Gasteiger partial charge < -0.3 is 19.4 Å². The van der Waals surface area contributed by atoms with Crippen molar-refractivity contribution < 1.29 is 29.0 Å². The number of rotatable bonds is 10. The van der Waals surface area contributed by atoms with E-state index in [1.54, 1.807) is 77.4 Å². The Bertz CT molecular complexity index is 1500. The van der Waals surface area contributed by atoms with Crippen LogP contribution in [-0.2, 0) is 25.6 Å². The molecule has 0 bridgehead atoms. The Morgan fingerprint density at radius 2 is 1.38 bits per heavy atom. The Kier molecular flexibility index (Phi) is 13.6. The van der Waals surface area contributed by atoms with Crippen LogP contribution in [0, 0.1) is 0 Å². The number of esters is 2. The number of azo groups is 1. The quantitative estimate of drug-likeness (QED) is 0.219. The van der Waals surface area contributed by atoms with Crippen LogP contribution in [0.5, 0.6) is 5.88 Å². The number of thioether (sulfide) groups is 4. The number of hydrogen-bond acceptors (Lipinski definition) is 14. The maximum absolute atomic E-state index is 13.3. The second-order valence-corrected chi connectivity index (χ2v) is 14.2. The van der Waals surface area contributed by atoms with Crippen LogP contribution in [0.4, 0.5) is 11.4 Å². The normalized spacial score (nSPS) is 17.2. The van der Waals surface area contributed by atoms with E-state index in [4.69, 9.17) is 14.3 Å². The van der Waals surface area contributed by atoms with Gasteiger partial charge in [-0.05, 0) is 12.1 Å². The van der Waals surface area contributed by atoms with Crippen molar-refractivity contribution >= 4 is 70.4 Å². The molecule has 4 rings (SSSR count). The van der Waals surface area contributed by atoms with E-state index in [1.807, 2.05) is 0 Å². The molecule has 2 fully saturated rings. The number of benzene rings is 1. The van der Waals surface area contributed by atoms with Gasteiger partial charge in [-0.1, -0.05) is 47.2 Å². The molecule has 3 heterocycles. The van der Waals surface area contributed by atoms with E-state index >= 15 is 0 Å². The molecule has 2 aliphatic rings. The molecule has 0 amide bonds. The number of ether oxygens (including phenoxy) is 2. The second-order valence-electron chi connectivity index (χ2n) is 10.0. The average Bonchev–Trinajstić information content (AvgIpc) is 2.99. The summed E-state index contributed by atoms with van der Waals surface area (Å²) < 4.78 is 12.2. The molecule has 0 spiro atoms. The summed E-state index contributed by atoms with van der Waals surface area (Å²) in [5, 5.41) is 18.8. The zero-order valence-corrected chi connectivity index (χ0v) is 27.7. The summed E-state index contributed by atoms with van der Waals surface area (Å²) in [6, 6.07) is 8.44. The minimum atomic E-state index is -1.13. The van der Waals surface area contributed by atoms with Gasteiger partial charge >= 0.3 is 23.2 Å². The summed E-state index contributed by atoms with van der Waals surface area (Å²) in [5.74, 6) is 3.29. The number of hydrogen-bond donors (Lipinski definition) is 1. The summed E-state index contributed by atoms with van der Waals surface area (Å²) in [6.45, 7) is 6.90. The monoisotopic (exact) mass is 694 g/mol. The largest absolute Gasteiger partial charge is 0.493 e. The van der Waals surface area contributed by atoms with Crippen LogP contribution in [0.15, 0.2) is 74.5 Å². The summed E-state index contributed by atoms with van der Waals surface area (Å²) in [5.41, 5.74) is -0.238. The minimum absolute atomic E-state index is 0.287. The Labute approximate surface area is 277 Å². The van der Waals surface area contributed by atoms with Crippen molar-refractivity contribution in [3.05, 3.63) is 75.5 Å². The molecular weight excluding hydrogens is 661 g/mol. The highest BCUT2D eigenvalue weighted by Gasteiger charge is 2.24. The predicted octanol–water partition coefficient (Wildman–Crippen LogP) is 3.85. The fraction of sp³-hybridized carbons (Fsp3) is 0.448. The first kappa shape index (κ1) is 34.8. The van der Waals surface area contributed by atoms with Crippen molar-refractivity contribution in [2.24, 2.45) is 10.2 Å². The SMILES string of the molecule is C=C1CSCC(OC(=O)CCn2c(O)c(N=Nc3ccccc3)c(=O)n(OCC(=O)OC3CSCC(=C)CSC3)c2=O)CSC1. The van der Waals surface area contributed by atoms with Crippen LogP contribution >= 0.6 is 47.0 Å². The molecule has 16 heteroatoms. The third-order valence-corrected chi connectivity index (χ3v) is 11.0. The standard InChI is InChI=1S/C29H34N4O8S4/c1-19-11-42-15-22(16-43-12-19)40-24(34)8-9-32-27(36)26(31-30-21-6-4-3-5-7-21)28(37)33(29(32)38)39-10-25(35)41-23-17-44-13-20(2)14-45-18-23/h3-7,22-23,36H,1-2,8-18H2. The van der Waals surface area contributed by atoms with E-state index in [1.165, 1.54) is 0 Å². The maximum atomic E-state index is 13.3. The lowest BCUT2D eigenvalue weighted by atomic mass is 10.3. The van der Waals surface area contributed by atoms with Gasteiger partial charge in [0.1, 0.15) is 12.2 Å². The number of carbonyl (C=O) groups excluding carboxylic acids is 2. The van der Waals surface area contributed by atoms with Gasteiger partial charge in [-0.25, -0.2) is 9.59 Å². The highest BCUT2D eigenvalue weighted by molar-refractivity contribution is 8.01. The van der Waals surface area contributed by atoms with Gasteiger partial charge in [-0.15, -0.1) is 5.11 Å². The average molecular weight is 695 g/mol. The lowest BCUT2D eigenvalue weighted by Gasteiger charge is -2.21. The Morgan fingerprint density at radius 3 is 1.93 bits per heavy atom. The van der Waals surface area contributed by atoms with E-state index in [-0.39, 0.29) is 25.2 Å². The molecule has 1 aromatic heterocycles. The molecule has 45 heavy (non-hydrogen) atoms. The first-order valence-electron chi connectivity index (χ1n) is 13.9. The van der Waals surface area contributed by atoms with Crippen LogP contribution in [0.3, 0.4) is 0 Å². The Hall–Kier alpha value is -3.08. The van der Waals surface area contributed by atoms with Crippen molar-refractivity contribution in [1.29, 1.82) is 0 Å². The van der Waals surface area contributed by atoms with Crippen molar-refractivity contribution in [2.45, 2.75) is 25.2 Å². The lowest BCUT2D eigenvalue weighted by molar-refractivity contribution is -0.152. The molecule has 2 aromatic rings. The Balaban J connectivity index is 1.50. The first-order chi connectivity index (χ1) is 21.7. The highest BCUT2D eigenvalue weighted by atomic mass is 32.2. The number of nitrogens with zero attached hydrogens (tertiary/aromatic N) is 4. The van der Waals surface area contributed by atoms with Crippen LogP contribution in [0.2, 0.25) is 0 Å². The molecule has 1 N–H and O–H groups in total. The second kappa shape index (κ2) is 17.6. The smallest absolute Gasteiger partial charge is 0.367 e. The van der Waals surface area contributed by atoms with E-state index in [2.05, 4.69) is 23.4 Å². The molecule has 0 aliphatic carbocycles. The lowest BCUT2D eigenvalue weighted by Crippen LogP contribution is -2.45. The number of aromatic nitrogens is 2. The zero-order chi connectivity index (χ0) is 32.2. The van der Waals surface area contributed by atoms with Gasteiger partial charge in [-0.2, -0.15) is 52.2 Å². The molecule has 12 nitrogen and oxygen atoms in total. The van der Waals surface area contributed by atoms with Crippen LogP contribution in [0.25, 0.3) is 0 Å². The fourth-order valence-electron chi connectivity index (χ4n) is 4.05. The minimum Gasteiger partial charge on any atom is -0.493 e. The number of aromatic hydroxyl groups is 1. The molecule has 242 valence electrons. The third kappa shape index (κ3) is 10.8. The summed E-state index contributed by atoms with van der Waals surface area (Å²) in [4.78, 5) is 57.2. The summed E-state index contributed by atoms with van der Waals surface area (Å²) in [6.07, 6.45) is -0.990. The summed E-state index contributed by atoms with van der Waals surface area (Å²) >= 11 is 6.47. The molecule has 2 aliphatic heterocycles. The predicted molar refractivity (Wildman–Crippen MR) is 181 cm³/mol. The molecule has 0 atom stereocenters. The van der Waals surface area contributed by atoms with Gasteiger partial charge in [0.2, 0.25) is 18.2 Å². The molecular formula is C29H34N4O8S4. The van der Waals surface area contributed by atoms with Crippen LogP contribution in [0.1, 0.15) is 6.42 Å². The molecule has 0 saturated carbocycles. The maximum Gasteiger partial charge on any atom is 0.367 e. The van der Waals surface area contributed by atoms with E-state index < -0.39 is 41.4 Å². The van der Waals surface area contributed by atoms with Crippen molar-refractivity contribution in [1.82, 2.24) is 9.30 Å². The van der Waals surface area contributed by atoms with Gasteiger partial charge in [0.25, 0.3) is 0 Å². The molecule has 0 unspecified atom stereocenters. The topological polar surface area (TPSA) is 151 Å². The number of carbonyl (C=O) groups is 2. The molecule has 1 aromatic carbocycles. The van der Waals surface area contributed by atoms with Crippen molar-refractivity contribution in [2.75, 3.05) is 52.6 Å². The van der Waals surface area contributed by atoms with Gasteiger partial charge in [-0.3, -0.25) is 14.2 Å². The van der Waals surface area contributed by atoms with Crippen molar-refractivity contribution in [3.63, 3.8) is 0 Å². The third-order valence-electron chi connectivity index (χ3n) is 6.17. The van der Waals surface area contributed by atoms with E-state index in [9.17, 15) is 24.3 Å². The summed E-state index contributed by atoms with van der Waals surface area (Å²) in [7, 11) is 0.